The van der Waals surface area contributed by atoms with Crippen molar-refractivity contribution < 1.29 is 9.31 Å². The second-order valence-electron chi connectivity index (χ2n) is 6.14. The number of hydrogen-bond acceptors (Lipinski definition) is 3. The number of benzene rings is 3. The molecular weight excluding hydrogens is 331 g/mol. The second kappa shape index (κ2) is 7.89. The normalized spacial score (nSPS) is 13.2. The van der Waals surface area contributed by atoms with Crippen molar-refractivity contribution in [3.05, 3.63) is 111 Å². The molecule has 0 fully saturated rings. The Hall–Kier alpha value is -3.05. The molecule has 0 radical (unpaired) electrons. The van der Waals surface area contributed by atoms with Gasteiger partial charge in [0.2, 0.25) is 0 Å². The minimum atomic E-state index is -0.401. The Labute approximate surface area is 151 Å². The van der Waals surface area contributed by atoms with E-state index in [-0.39, 0.29) is 23.6 Å². The maximum atomic E-state index is 13.5. The summed E-state index contributed by atoms with van der Waals surface area (Å²) in [7, 11) is 0. The summed E-state index contributed by atoms with van der Waals surface area (Å²) in [6, 6.07) is 22.3. The first-order valence-electron chi connectivity index (χ1n) is 8.35. The molecule has 26 heavy (non-hydrogen) atoms. The minimum Gasteiger partial charge on any atom is -0.300 e. The highest BCUT2D eigenvalue weighted by molar-refractivity contribution is 5.40. The number of nitro benzene ring substituents is 1. The van der Waals surface area contributed by atoms with Crippen molar-refractivity contribution >= 4 is 5.69 Å². The molecule has 0 aliphatic rings. The van der Waals surface area contributed by atoms with Crippen LogP contribution < -0.4 is 5.32 Å². The van der Waals surface area contributed by atoms with Crippen molar-refractivity contribution in [3.63, 3.8) is 0 Å². The number of nitro groups is 1. The van der Waals surface area contributed by atoms with Crippen molar-refractivity contribution in [3.8, 4) is 0 Å². The van der Waals surface area contributed by atoms with Gasteiger partial charge in [-0.1, -0.05) is 54.6 Å². The van der Waals surface area contributed by atoms with Crippen molar-refractivity contribution in [1.29, 1.82) is 0 Å². The lowest BCUT2D eigenvalue weighted by atomic mass is 9.96. The van der Waals surface area contributed by atoms with Gasteiger partial charge in [0.15, 0.2) is 0 Å². The topological polar surface area (TPSA) is 55.2 Å². The van der Waals surface area contributed by atoms with Crippen LogP contribution in [0.1, 0.15) is 35.7 Å². The van der Waals surface area contributed by atoms with Crippen molar-refractivity contribution in [2.24, 2.45) is 0 Å². The molecule has 0 bridgehead atoms. The van der Waals surface area contributed by atoms with E-state index in [4.69, 9.17) is 0 Å². The van der Waals surface area contributed by atoms with E-state index in [0.717, 1.165) is 16.7 Å². The van der Waals surface area contributed by atoms with Gasteiger partial charge in [0.05, 0.1) is 11.0 Å². The molecule has 1 unspecified atom stereocenters. The quantitative estimate of drug-likeness (QED) is 0.493. The van der Waals surface area contributed by atoms with Gasteiger partial charge < -0.3 is 0 Å². The zero-order valence-electron chi connectivity index (χ0n) is 14.3. The summed E-state index contributed by atoms with van der Waals surface area (Å²) in [6.45, 7) is 1.95. The van der Waals surface area contributed by atoms with E-state index in [1.54, 1.807) is 18.2 Å². The van der Waals surface area contributed by atoms with Gasteiger partial charge in [-0.3, -0.25) is 15.4 Å². The standard InChI is InChI=1S/C21H19FN2O2/c1-15(17-9-5-11-19(22)13-17)23-21(16-7-3-2-4-8-16)18-10-6-12-20(14-18)24(25)26/h2-15,21,23H,1H3/t15-,21?/m1/s1. The van der Waals surface area contributed by atoms with Crippen LogP contribution in [-0.2, 0) is 0 Å². The Morgan fingerprint density at radius 2 is 1.54 bits per heavy atom. The third-order valence-corrected chi connectivity index (χ3v) is 4.31. The Morgan fingerprint density at radius 1 is 0.885 bits per heavy atom. The van der Waals surface area contributed by atoms with Crippen LogP contribution in [0.3, 0.4) is 0 Å². The van der Waals surface area contributed by atoms with E-state index in [2.05, 4.69) is 5.32 Å². The Balaban J connectivity index is 1.97. The summed E-state index contributed by atoms with van der Waals surface area (Å²) in [5.41, 5.74) is 2.63. The average Bonchev–Trinajstić information content (AvgIpc) is 2.66. The summed E-state index contributed by atoms with van der Waals surface area (Å²) in [4.78, 5) is 10.7. The van der Waals surface area contributed by atoms with Crippen LogP contribution in [0.5, 0.6) is 0 Å². The number of hydrogen-bond donors (Lipinski definition) is 1. The third kappa shape index (κ3) is 4.13. The van der Waals surface area contributed by atoms with Crippen LogP contribution in [0.15, 0.2) is 78.9 Å². The lowest BCUT2D eigenvalue weighted by molar-refractivity contribution is -0.384. The summed E-state index contributed by atoms with van der Waals surface area (Å²) >= 11 is 0. The largest absolute Gasteiger partial charge is 0.300 e. The SMILES string of the molecule is C[C@@H](NC(c1ccccc1)c1cccc([N+](=O)[O-])c1)c1cccc(F)c1. The van der Waals surface area contributed by atoms with Gasteiger partial charge >= 0.3 is 0 Å². The first kappa shape index (κ1) is 17.8. The predicted octanol–water partition coefficient (Wildman–Crippen LogP) is 5.17. The van der Waals surface area contributed by atoms with Gasteiger partial charge in [0, 0.05) is 18.2 Å². The predicted molar refractivity (Wildman–Crippen MR) is 99.3 cm³/mol. The molecule has 0 aliphatic carbocycles. The Bertz CT molecular complexity index is 899. The fraction of sp³-hybridized carbons (Fsp3) is 0.143. The lowest BCUT2D eigenvalue weighted by Gasteiger charge is -2.24. The molecule has 0 saturated heterocycles. The average molecular weight is 350 g/mol. The highest BCUT2D eigenvalue weighted by Gasteiger charge is 2.19. The lowest BCUT2D eigenvalue weighted by Crippen LogP contribution is -2.25. The van der Waals surface area contributed by atoms with Crippen LogP contribution in [-0.4, -0.2) is 4.92 Å². The van der Waals surface area contributed by atoms with E-state index in [1.165, 1.54) is 18.2 Å². The third-order valence-electron chi connectivity index (χ3n) is 4.31. The summed E-state index contributed by atoms with van der Waals surface area (Å²) in [5.74, 6) is -0.289. The van der Waals surface area contributed by atoms with Crippen LogP contribution in [0.4, 0.5) is 10.1 Å². The second-order valence-corrected chi connectivity index (χ2v) is 6.14. The van der Waals surface area contributed by atoms with E-state index < -0.39 is 4.92 Å². The van der Waals surface area contributed by atoms with Gasteiger partial charge in [-0.15, -0.1) is 0 Å². The molecule has 3 aromatic carbocycles. The van der Waals surface area contributed by atoms with Crippen molar-refractivity contribution in [1.82, 2.24) is 5.32 Å². The zero-order chi connectivity index (χ0) is 18.5. The van der Waals surface area contributed by atoms with Gasteiger partial charge in [-0.2, -0.15) is 0 Å². The summed E-state index contributed by atoms with van der Waals surface area (Å²) in [5, 5.41) is 14.6. The van der Waals surface area contributed by atoms with Crippen LogP contribution in [0, 0.1) is 15.9 Å². The number of nitrogens with zero attached hydrogens (tertiary/aromatic N) is 1. The smallest absolute Gasteiger partial charge is 0.269 e. The molecule has 4 nitrogen and oxygen atoms in total. The number of halogens is 1. The van der Waals surface area contributed by atoms with Crippen molar-refractivity contribution in [2.75, 3.05) is 0 Å². The summed E-state index contributed by atoms with van der Waals surface area (Å²) in [6.07, 6.45) is 0. The first-order chi connectivity index (χ1) is 12.5. The monoisotopic (exact) mass is 350 g/mol. The van der Waals surface area contributed by atoms with E-state index >= 15 is 0 Å². The molecule has 2 atom stereocenters. The molecule has 0 amide bonds. The molecule has 0 aromatic heterocycles. The summed E-state index contributed by atoms with van der Waals surface area (Å²) < 4.78 is 13.5. The van der Waals surface area contributed by atoms with E-state index in [9.17, 15) is 14.5 Å². The minimum absolute atomic E-state index is 0.0450. The van der Waals surface area contributed by atoms with Gasteiger partial charge in [0.1, 0.15) is 5.82 Å². The molecule has 0 aliphatic heterocycles. The van der Waals surface area contributed by atoms with E-state index in [1.807, 2.05) is 49.4 Å². The van der Waals surface area contributed by atoms with Gasteiger partial charge in [-0.05, 0) is 35.7 Å². The number of rotatable bonds is 6. The Morgan fingerprint density at radius 3 is 2.23 bits per heavy atom. The molecule has 5 heteroatoms. The van der Waals surface area contributed by atoms with Crippen LogP contribution >= 0.6 is 0 Å². The number of non-ortho nitro benzene ring substituents is 1. The molecule has 0 spiro atoms. The van der Waals surface area contributed by atoms with E-state index in [0.29, 0.717) is 0 Å². The molecule has 3 rings (SSSR count). The highest BCUT2D eigenvalue weighted by atomic mass is 19.1. The van der Waals surface area contributed by atoms with Crippen molar-refractivity contribution in [2.45, 2.75) is 19.0 Å². The van der Waals surface area contributed by atoms with Crippen LogP contribution in [0.25, 0.3) is 0 Å². The maximum absolute atomic E-state index is 13.5. The van der Waals surface area contributed by atoms with Gasteiger partial charge in [0.25, 0.3) is 5.69 Å². The number of nitrogens with one attached hydrogen (secondary N) is 1. The van der Waals surface area contributed by atoms with Gasteiger partial charge in [-0.25, -0.2) is 4.39 Å². The highest BCUT2D eigenvalue weighted by Crippen LogP contribution is 2.28. The Kier molecular flexibility index (Phi) is 5.39. The molecule has 3 aromatic rings. The molecule has 0 saturated carbocycles. The molecule has 0 heterocycles. The molecule has 1 N–H and O–H groups in total. The zero-order valence-corrected chi connectivity index (χ0v) is 14.3. The fourth-order valence-corrected chi connectivity index (χ4v) is 2.97. The first-order valence-corrected chi connectivity index (χ1v) is 8.35. The maximum Gasteiger partial charge on any atom is 0.269 e. The van der Waals surface area contributed by atoms with Crippen LogP contribution in [0.2, 0.25) is 0 Å². The molecule has 132 valence electrons. The molecular formula is C21H19FN2O2. The fourth-order valence-electron chi connectivity index (χ4n) is 2.97.